The third kappa shape index (κ3) is 3.74. The summed E-state index contributed by atoms with van der Waals surface area (Å²) in [5.41, 5.74) is 2.03. The van der Waals surface area contributed by atoms with Crippen LogP contribution in [0.1, 0.15) is 45.2 Å². The Morgan fingerprint density at radius 2 is 1.73 bits per heavy atom. The lowest BCUT2D eigenvalue weighted by Crippen LogP contribution is -2.49. The van der Waals surface area contributed by atoms with E-state index in [-0.39, 0.29) is 11.8 Å². The third-order valence-electron chi connectivity index (χ3n) is 5.10. The average Bonchev–Trinajstić information content (AvgIpc) is 2.80. The van der Waals surface area contributed by atoms with E-state index in [1.165, 1.54) is 4.90 Å². The Balaban J connectivity index is 2.40. The van der Waals surface area contributed by atoms with Crippen LogP contribution < -0.4 is 0 Å². The van der Waals surface area contributed by atoms with Crippen LogP contribution >= 0.6 is 0 Å². The minimum atomic E-state index is -1.15. The molecule has 1 aromatic rings. The van der Waals surface area contributed by atoms with E-state index in [1.807, 2.05) is 45.0 Å². The lowest BCUT2D eigenvalue weighted by atomic mass is 9.96. The molecule has 0 saturated carbocycles. The molecule has 0 radical (unpaired) electrons. The van der Waals surface area contributed by atoms with Crippen LogP contribution in [0.2, 0.25) is 0 Å². The van der Waals surface area contributed by atoms with Crippen molar-refractivity contribution in [2.24, 2.45) is 11.8 Å². The topological polar surface area (TPSA) is 77.9 Å². The molecule has 1 heterocycles. The Kier molecular flexibility index (Phi) is 6.05. The first-order valence-electron chi connectivity index (χ1n) is 9.11. The Bertz CT molecular complexity index is 684. The lowest BCUT2D eigenvalue weighted by Gasteiger charge is -2.26. The smallest absolute Gasteiger partial charge is 0.328 e. The Hall–Kier alpha value is -2.37. The summed E-state index contributed by atoms with van der Waals surface area (Å²) in [5.74, 6) is -1.97. The second-order valence-corrected chi connectivity index (χ2v) is 7.46. The molecule has 26 heavy (non-hydrogen) atoms. The highest BCUT2D eigenvalue weighted by Crippen LogP contribution is 2.30. The van der Waals surface area contributed by atoms with E-state index in [4.69, 9.17) is 0 Å². The van der Waals surface area contributed by atoms with Crippen molar-refractivity contribution in [3.05, 3.63) is 35.4 Å². The molecule has 142 valence electrons. The second-order valence-electron chi connectivity index (χ2n) is 7.46. The molecule has 2 rings (SSSR count). The predicted molar refractivity (Wildman–Crippen MR) is 98.5 cm³/mol. The van der Waals surface area contributed by atoms with Gasteiger partial charge in [-0.05, 0) is 24.3 Å². The highest BCUT2D eigenvalue weighted by molar-refractivity contribution is 6.07. The number of carboxylic acids is 1. The molecule has 1 saturated heterocycles. The molecule has 6 heteroatoms. The first-order chi connectivity index (χ1) is 12.2. The number of carboxylic acid groups (broad SMARTS) is 1. The first kappa shape index (κ1) is 19.9. The van der Waals surface area contributed by atoms with Gasteiger partial charge in [0.2, 0.25) is 0 Å². The highest BCUT2D eigenvalue weighted by atomic mass is 16.4. The largest absolute Gasteiger partial charge is 0.480 e. The third-order valence-corrected chi connectivity index (χ3v) is 5.10. The molecule has 1 aliphatic rings. The fourth-order valence-electron chi connectivity index (χ4n) is 3.41. The summed E-state index contributed by atoms with van der Waals surface area (Å²) in [4.78, 5) is 40.2. The highest BCUT2D eigenvalue weighted by Gasteiger charge is 2.51. The van der Waals surface area contributed by atoms with E-state index >= 15 is 0 Å². The molecule has 1 aliphatic heterocycles. The maximum atomic E-state index is 13.0. The van der Waals surface area contributed by atoms with Gasteiger partial charge in [0.15, 0.2) is 0 Å². The molecule has 0 aliphatic carbocycles. The number of carbonyl (C=O) groups is 3. The van der Waals surface area contributed by atoms with Gasteiger partial charge in [0, 0.05) is 6.54 Å². The molecule has 3 amide bonds. The molecule has 1 fully saturated rings. The molecule has 6 nitrogen and oxygen atoms in total. The molecule has 3 atom stereocenters. The van der Waals surface area contributed by atoms with Gasteiger partial charge in [-0.25, -0.2) is 14.5 Å². The number of aryl methyl sites for hydroxylation is 1. The van der Waals surface area contributed by atoms with Crippen LogP contribution in [-0.4, -0.2) is 44.9 Å². The molecule has 0 aromatic heterocycles. The van der Waals surface area contributed by atoms with E-state index in [9.17, 15) is 19.5 Å². The van der Waals surface area contributed by atoms with Crippen LogP contribution in [0.5, 0.6) is 0 Å². The predicted octanol–water partition coefficient (Wildman–Crippen LogP) is 3.28. The molecule has 0 spiro atoms. The Morgan fingerprint density at radius 3 is 2.19 bits per heavy atom. The minimum absolute atomic E-state index is 0.0523. The first-order valence-corrected chi connectivity index (χ1v) is 9.11. The summed E-state index contributed by atoms with van der Waals surface area (Å²) in [5, 5.41) is 9.56. The SMILES string of the molecule is CCC(C)C1C(=O)N(C(C(=O)O)C(C)C)C(=O)N1Cc1ccc(C)cc1. The van der Waals surface area contributed by atoms with Gasteiger partial charge in [0.25, 0.3) is 5.91 Å². The number of carbonyl (C=O) groups excluding carboxylic acids is 2. The van der Waals surface area contributed by atoms with Gasteiger partial charge in [-0.15, -0.1) is 0 Å². The summed E-state index contributed by atoms with van der Waals surface area (Å²) in [6.07, 6.45) is 0.724. The normalized spacial score (nSPS) is 20.0. The number of rotatable bonds is 7. The van der Waals surface area contributed by atoms with Crippen LogP contribution in [0.3, 0.4) is 0 Å². The van der Waals surface area contributed by atoms with Crippen LogP contribution in [0.15, 0.2) is 24.3 Å². The zero-order chi connectivity index (χ0) is 19.6. The fraction of sp³-hybridized carbons (Fsp3) is 0.550. The van der Waals surface area contributed by atoms with Crippen LogP contribution in [0, 0.1) is 18.8 Å². The van der Waals surface area contributed by atoms with Crippen molar-refractivity contribution < 1.29 is 19.5 Å². The van der Waals surface area contributed by atoms with E-state index in [1.54, 1.807) is 13.8 Å². The standard InChI is InChI=1S/C20H28N2O4/c1-6-14(5)17-18(23)22(16(12(2)3)19(24)25)20(26)21(17)11-15-9-7-13(4)8-10-15/h7-10,12,14,16-17H,6,11H2,1-5H3,(H,24,25). The number of nitrogens with zero attached hydrogens (tertiary/aromatic N) is 2. The minimum Gasteiger partial charge on any atom is -0.480 e. The van der Waals surface area contributed by atoms with Crippen molar-refractivity contribution in [2.45, 2.75) is 59.7 Å². The molecule has 3 unspecified atom stereocenters. The van der Waals surface area contributed by atoms with Gasteiger partial charge < -0.3 is 10.0 Å². The number of imide groups is 1. The molecular formula is C20H28N2O4. The monoisotopic (exact) mass is 360 g/mol. The molecular weight excluding hydrogens is 332 g/mol. The van der Waals surface area contributed by atoms with Crippen LogP contribution in [0.4, 0.5) is 4.79 Å². The molecule has 1 aromatic carbocycles. The van der Waals surface area contributed by atoms with Gasteiger partial charge in [-0.3, -0.25) is 4.79 Å². The van der Waals surface area contributed by atoms with E-state index in [0.717, 1.165) is 22.4 Å². The number of hydrogen-bond donors (Lipinski definition) is 1. The van der Waals surface area contributed by atoms with Crippen molar-refractivity contribution in [2.75, 3.05) is 0 Å². The zero-order valence-corrected chi connectivity index (χ0v) is 16.1. The van der Waals surface area contributed by atoms with E-state index < -0.39 is 30.0 Å². The molecule has 0 bridgehead atoms. The average molecular weight is 360 g/mol. The van der Waals surface area contributed by atoms with Gasteiger partial charge in [-0.2, -0.15) is 0 Å². The van der Waals surface area contributed by atoms with E-state index in [2.05, 4.69) is 0 Å². The Morgan fingerprint density at radius 1 is 1.15 bits per heavy atom. The summed E-state index contributed by atoms with van der Waals surface area (Å²) in [6.45, 7) is 9.58. The van der Waals surface area contributed by atoms with Crippen molar-refractivity contribution in [3.63, 3.8) is 0 Å². The summed E-state index contributed by atoms with van der Waals surface area (Å²) >= 11 is 0. The number of aliphatic carboxylic acids is 1. The molecule has 1 N–H and O–H groups in total. The summed E-state index contributed by atoms with van der Waals surface area (Å²) in [6, 6.07) is 5.49. The van der Waals surface area contributed by atoms with Crippen molar-refractivity contribution in [3.8, 4) is 0 Å². The van der Waals surface area contributed by atoms with Crippen LogP contribution in [-0.2, 0) is 16.1 Å². The van der Waals surface area contributed by atoms with Crippen molar-refractivity contribution >= 4 is 17.9 Å². The zero-order valence-electron chi connectivity index (χ0n) is 16.1. The number of benzene rings is 1. The number of amides is 3. The fourth-order valence-corrected chi connectivity index (χ4v) is 3.41. The van der Waals surface area contributed by atoms with Gasteiger partial charge >= 0.3 is 12.0 Å². The van der Waals surface area contributed by atoms with Gasteiger partial charge in [0.05, 0.1) is 0 Å². The van der Waals surface area contributed by atoms with Crippen molar-refractivity contribution in [1.29, 1.82) is 0 Å². The maximum absolute atomic E-state index is 13.0. The number of urea groups is 1. The quantitative estimate of drug-likeness (QED) is 0.757. The van der Waals surface area contributed by atoms with E-state index in [0.29, 0.717) is 6.54 Å². The van der Waals surface area contributed by atoms with Gasteiger partial charge in [0.1, 0.15) is 12.1 Å². The maximum Gasteiger partial charge on any atom is 0.328 e. The van der Waals surface area contributed by atoms with Crippen molar-refractivity contribution in [1.82, 2.24) is 9.80 Å². The second kappa shape index (κ2) is 7.89. The Labute approximate surface area is 154 Å². The summed E-state index contributed by atoms with van der Waals surface area (Å²) in [7, 11) is 0. The number of hydrogen-bond acceptors (Lipinski definition) is 3. The summed E-state index contributed by atoms with van der Waals surface area (Å²) < 4.78 is 0. The lowest BCUT2D eigenvalue weighted by molar-refractivity contribution is -0.148. The van der Waals surface area contributed by atoms with Crippen LogP contribution in [0.25, 0.3) is 0 Å². The van der Waals surface area contributed by atoms with Gasteiger partial charge in [-0.1, -0.05) is 63.9 Å².